The zero-order valence-electron chi connectivity index (χ0n) is 32.9. The first-order chi connectivity index (χ1) is 27.1. The van der Waals surface area contributed by atoms with Crippen molar-refractivity contribution in [3.8, 4) is 34.8 Å². The first kappa shape index (κ1) is 41.3. The molecule has 0 saturated heterocycles. The van der Waals surface area contributed by atoms with Crippen molar-refractivity contribution in [2.75, 3.05) is 71.6 Å². The van der Waals surface area contributed by atoms with Gasteiger partial charge in [-0.05, 0) is 52.9 Å². The van der Waals surface area contributed by atoms with Gasteiger partial charge in [-0.15, -0.1) is 0 Å². The first-order valence-electron chi connectivity index (χ1n) is 18.4. The Hall–Kier alpha value is -5.87. The fourth-order valence-corrected chi connectivity index (χ4v) is 5.99. The number of hydrogen-bond acceptors (Lipinski definition) is 10. The Morgan fingerprint density at radius 2 is 1.46 bits per heavy atom. The topological polar surface area (TPSA) is 142 Å². The standard InChI is InChI=1S/C44H50N4O8/c1-44(2,3)32-26-31(13-15-45)42(52-6)40(27-32)48-43(49)47-39-11-12-41(38-10-8-7-9-37(38)39)56-34-14-16-46-33(28-34)23-30-24-35(51-5)29-36(25-30)55-22-21-54-20-19-53-18-17-50-4/h7-12,14,16,24-29H,13,17-23H2,1-6H3,(H2,47,48,49). The molecule has 0 radical (unpaired) electrons. The van der Waals surface area contributed by atoms with Crippen molar-refractivity contribution in [1.82, 2.24) is 4.98 Å². The molecule has 12 heteroatoms. The number of nitriles is 1. The minimum Gasteiger partial charge on any atom is -0.497 e. The van der Waals surface area contributed by atoms with Crippen molar-refractivity contribution in [1.29, 1.82) is 5.26 Å². The van der Waals surface area contributed by atoms with E-state index in [0.29, 0.717) is 91.7 Å². The van der Waals surface area contributed by atoms with Crippen molar-refractivity contribution in [2.24, 2.45) is 0 Å². The smallest absolute Gasteiger partial charge is 0.323 e. The summed E-state index contributed by atoms with van der Waals surface area (Å²) in [6, 6.07) is 26.4. The molecule has 294 valence electrons. The fourth-order valence-electron chi connectivity index (χ4n) is 5.99. The predicted molar refractivity (Wildman–Crippen MR) is 217 cm³/mol. The Labute approximate surface area is 328 Å². The van der Waals surface area contributed by atoms with Gasteiger partial charge in [-0.2, -0.15) is 5.26 Å². The highest BCUT2D eigenvalue weighted by Crippen LogP contribution is 2.37. The summed E-state index contributed by atoms with van der Waals surface area (Å²) in [5, 5.41) is 17.0. The molecule has 0 aliphatic carbocycles. The molecule has 1 aromatic heterocycles. The van der Waals surface area contributed by atoms with Crippen LogP contribution in [-0.2, 0) is 32.5 Å². The lowest BCUT2D eigenvalue weighted by Gasteiger charge is -2.23. The van der Waals surface area contributed by atoms with E-state index in [2.05, 4.69) is 42.5 Å². The van der Waals surface area contributed by atoms with Gasteiger partial charge in [-0.1, -0.05) is 51.1 Å². The normalized spacial score (nSPS) is 11.2. The molecule has 0 fully saturated rings. The predicted octanol–water partition coefficient (Wildman–Crippen LogP) is 8.70. The molecule has 0 aliphatic rings. The lowest BCUT2D eigenvalue weighted by atomic mass is 9.85. The van der Waals surface area contributed by atoms with Gasteiger partial charge in [0.25, 0.3) is 0 Å². The first-order valence-corrected chi connectivity index (χ1v) is 18.4. The highest BCUT2D eigenvalue weighted by molar-refractivity contribution is 6.08. The molecule has 5 aromatic rings. The number of aromatic nitrogens is 1. The molecule has 0 aliphatic heterocycles. The van der Waals surface area contributed by atoms with Crippen LogP contribution in [0.15, 0.2) is 85.1 Å². The summed E-state index contributed by atoms with van der Waals surface area (Å²) < 4.78 is 39.6. The number of benzene rings is 4. The molecule has 2 N–H and O–H groups in total. The van der Waals surface area contributed by atoms with E-state index in [1.165, 1.54) is 7.11 Å². The number of anilines is 2. The second kappa shape index (κ2) is 20.2. The number of carbonyl (C=O) groups excluding carboxylic acids is 1. The number of nitrogens with zero attached hydrogens (tertiary/aromatic N) is 2. The van der Waals surface area contributed by atoms with E-state index >= 15 is 0 Å². The molecule has 5 rings (SSSR count). The molecule has 0 spiro atoms. The van der Waals surface area contributed by atoms with Crippen LogP contribution in [0.1, 0.15) is 43.2 Å². The largest absolute Gasteiger partial charge is 0.497 e. The van der Waals surface area contributed by atoms with Crippen molar-refractivity contribution in [2.45, 2.75) is 39.0 Å². The van der Waals surface area contributed by atoms with Crippen molar-refractivity contribution < 1.29 is 38.0 Å². The van der Waals surface area contributed by atoms with Crippen LogP contribution >= 0.6 is 0 Å². The number of urea groups is 1. The maximum Gasteiger partial charge on any atom is 0.323 e. The average Bonchev–Trinajstić information content (AvgIpc) is 3.18. The fraction of sp³-hybridized carbons (Fsp3) is 0.341. The van der Waals surface area contributed by atoms with Gasteiger partial charge in [0.2, 0.25) is 0 Å². The number of hydrogen-bond donors (Lipinski definition) is 2. The van der Waals surface area contributed by atoms with Crippen LogP contribution in [0, 0.1) is 11.3 Å². The van der Waals surface area contributed by atoms with Crippen LogP contribution in [-0.4, -0.2) is 72.0 Å². The highest BCUT2D eigenvalue weighted by atomic mass is 16.6. The van der Waals surface area contributed by atoms with Crippen molar-refractivity contribution >= 4 is 28.2 Å². The molecular formula is C44H50N4O8. The summed E-state index contributed by atoms with van der Waals surface area (Å²) in [4.78, 5) is 18.1. The third kappa shape index (κ3) is 11.6. The molecule has 0 saturated carbocycles. The minimum atomic E-state index is -0.450. The summed E-state index contributed by atoms with van der Waals surface area (Å²) in [6.07, 6.45) is 2.38. The van der Waals surface area contributed by atoms with Gasteiger partial charge in [-0.3, -0.25) is 4.98 Å². The molecule has 0 atom stereocenters. The summed E-state index contributed by atoms with van der Waals surface area (Å²) in [7, 11) is 4.79. The maximum atomic E-state index is 13.5. The van der Waals surface area contributed by atoms with Gasteiger partial charge in [0.05, 0.1) is 71.1 Å². The maximum absolute atomic E-state index is 13.5. The van der Waals surface area contributed by atoms with Gasteiger partial charge >= 0.3 is 6.03 Å². The van der Waals surface area contributed by atoms with E-state index in [0.717, 1.165) is 27.6 Å². The van der Waals surface area contributed by atoms with Crippen molar-refractivity contribution in [3.05, 3.63) is 107 Å². The lowest BCUT2D eigenvalue weighted by Crippen LogP contribution is -2.21. The number of pyridine rings is 1. The monoisotopic (exact) mass is 762 g/mol. The van der Waals surface area contributed by atoms with Crippen LogP contribution in [0.2, 0.25) is 0 Å². The van der Waals surface area contributed by atoms with E-state index in [1.807, 2.05) is 72.8 Å². The summed E-state index contributed by atoms with van der Waals surface area (Å²) >= 11 is 0. The van der Waals surface area contributed by atoms with Crippen LogP contribution in [0.4, 0.5) is 16.2 Å². The van der Waals surface area contributed by atoms with Crippen LogP contribution in [0.25, 0.3) is 10.8 Å². The number of ether oxygens (including phenoxy) is 7. The summed E-state index contributed by atoms with van der Waals surface area (Å²) in [5.41, 5.74) is 4.30. The van der Waals surface area contributed by atoms with Gasteiger partial charge in [0, 0.05) is 53.9 Å². The Kier molecular flexibility index (Phi) is 14.9. The summed E-state index contributed by atoms with van der Waals surface area (Å²) in [6.45, 7) is 9.10. The van der Waals surface area contributed by atoms with E-state index in [1.54, 1.807) is 26.5 Å². The summed E-state index contributed by atoms with van der Waals surface area (Å²) in [5.74, 6) is 3.03. The number of nitrogens with one attached hydrogen (secondary N) is 2. The third-order valence-corrected chi connectivity index (χ3v) is 8.76. The van der Waals surface area contributed by atoms with Gasteiger partial charge in [0.15, 0.2) is 0 Å². The Bertz CT molecular complexity index is 2130. The molecule has 0 bridgehead atoms. The lowest BCUT2D eigenvalue weighted by molar-refractivity contribution is 0.0179. The molecule has 4 aromatic carbocycles. The zero-order valence-corrected chi connectivity index (χ0v) is 32.9. The minimum absolute atomic E-state index is 0.148. The van der Waals surface area contributed by atoms with Crippen LogP contribution in [0.5, 0.6) is 28.7 Å². The number of methoxy groups -OCH3 is 3. The van der Waals surface area contributed by atoms with Crippen LogP contribution in [0.3, 0.4) is 0 Å². The van der Waals surface area contributed by atoms with Crippen LogP contribution < -0.4 is 29.6 Å². The number of fused-ring (bicyclic) bond motifs is 1. The molecule has 2 amide bonds. The van der Waals surface area contributed by atoms with Crippen molar-refractivity contribution in [3.63, 3.8) is 0 Å². The van der Waals surface area contributed by atoms with E-state index in [-0.39, 0.29) is 11.8 Å². The van der Waals surface area contributed by atoms with Gasteiger partial charge in [-0.25, -0.2) is 4.79 Å². The second-order valence-corrected chi connectivity index (χ2v) is 13.9. The third-order valence-electron chi connectivity index (χ3n) is 8.76. The van der Waals surface area contributed by atoms with E-state index in [9.17, 15) is 10.1 Å². The highest BCUT2D eigenvalue weighted by Gasteiger charge is 2.21. The van der Waals surface area contributed by atoms with Gasteiger partial charge < -0.3 is 43.8 Å². The second-order valence-electron chi connectivity index (χ2n) is 13.9. The van der Waals surface area contributed by atoms with Gasteiger partial charge in [0.1, 0.15) is 35.4 Å². The average molecular weight is 763 g/mol. The van der Waals surface area contributed by atoms with E-state index in [4.69, 9.17) is 33.2 Å². The molecule has 12 nitrogen and oxygen atoms in total. The Balaban J connectivity index is 1.26. The quantitative estimate of drug-likeness (QED) is 0.0785. The van der Waals surface area contributed by atoms with E-state index < -0.39 is 6.03 Å². The number of amides is 2. The molecular weight excluding hydrogens is 713 g/mol. The molecule has 56 heavy (non-hydrogen) atoms. The Morgan fingerprint density at radius 3 is 2.18 bits per heavy atom. The Morgan fingerprint density at radius 1 is 0.750 bits per heavy atom. The number of carbonyl (C=O) groups is 1. The zero-order chi connectivity index (χ0) is 39.9. The molecule has 0 unspecified atom stereocenters. The molecule has 1 heterocycles. The SMILES string of the molecule is COCCOCCOCCOc1cc(Cc2cc(Oc3ccc(NC(=O)Nc4cc(C(C)(C)C)cc(CC#N)c4OC)c4ccccc34)ccn2)cc(OC)c1. The number of rotatable bonds is 19.